The zero-order chi connectivity index (χ0) is 16.5. The molecule has 1 aliphatic carbocycles. The van der Waals surface area contributed by atoms with Crippen LogP contribution in [0.5, 0.6) is 0 Å². The van der Waals surface area contributed by atoms with E-state index < -0.39 is 34.1 Å². The topological polar surface area (TPSA) is 88.2 Å². The predicted molar refractivity (Wildman–Crippen MR) is 84.1 cm³/mol. The molecular weight excluding hydrogens is 378 g/mol. The Morgan fingerprint density at radius 2 is 2.23 bits per heavy atom. The number of imide groups is 1. The number of nitrogens with one attached hydrogen (secondary N) is 1. The smallest absolute Gasteiger partial charge is 0.414 e. The summed E-state index contributed by atoms with van der Waals surface area (Å²) in [5.74, 6) is -0.953. The van der Waals surface area contributed by atoms with Crippen LogP contribution in [0, 0.1) is 0 Å². The normalized spacial score (nSPS) is 37.8. The Hall–Kier alpha value is -0.630. The van der Waals surface area contributed by atoms with E-state index in [1.54, 1.807) is 0 Å². The number of rotatable bonds is 3. The maximum Gasteiger partial charge on any atom is 0.414 e. The van der Waals surface area contributed by atoms with Crippen molar-refractivity contribution in [2.24, 2.45) is 0 Å². The summed E-state index contributed by atoms with van der Waals surface area (Å²) >= 11 is 8.79. The summed E-state index contributed by atoms with van der Waals surface area (Å²) in [6.45, 7) is 4.12. The van der Waals surface area contributed by atoms with Crippen molar-refractivity contribution >= 4 is 39.5 Å². The molecule has 1 saturated carbocycles. The SMILES string of the molecule is CC=C(C)[C@@]1(O)[C@H](Br)[C@H](OC(=O)NC(=O)CCl)CC[C@]12CO2. The van der Waals surface area contributed by atoms with E-state index in [2.05, 4.69) is 15.9 Å². The first-order chi connectivity index (χ1) is 10.3. The molecule has 0 unspecified atom stereocenters. The number of hydrogen-bond donors (Lipinski definition) is 2. The van der Waals surface area contributed by atoms with Crippen LogP contribution >= 0.6 is 27.5 Å². The highest BCUT2D eigenvalue weighted by Crippen LogP contribution is 2.54. The molecule has 0 aromatic rings. The zero-order valence-corrected chi connectivity index (χ0v) is 14.7. The number of alkyl halides is 2. The Bertz CT molecular complexity index is 507. The van der Waals surface area contributed by atoms with Gasteiger partial charge < -0.3 is 14.6 Å². The number of epoxide rings is 1. The monoisotopic (exact) mass is 395 g/mol. The van der Waals surface area contributed by atoms with Crippen LogP contribution in [0.3, 0.4) is 0 Å². The van der Waals surface area contributed by atoms with E-state index in [4.69, 9.17) is 21.1 Å². The molecule has 124 valence electrons. The zero-order valence-electron chi connectivity index (χ0n) is 12.4. The van der Waals surface area contributed by atoms with Crippen LogP contribution in [0.4, 0.5) is 4.79 Å². The van der Waals surface area contributed by atoms with Gasteiger partial charge in [-0.15, -0.1) is 11.6 Å². The Labute approximate surface area is 142 Å². The van der Waals surface area contributed by atoms with Crippen LogP contribution in [0.15, 0.2) is 11.6 Å². The highest BCUT2D eigenvalue weighted by atomic mass is 79.9. The van der Waals surface area contributed by atoms with Gasteiger partial charge >= 0.3 is 6.09 Å². The van der Waals surface area contributed by atoms with E-state index in [0.717, 1.165) is 5.57 Å². The lowest BCUT2D eigenvalue weighted by Crippen LogP contribution is -2.61. The number of allylic oxidation sites excluding steroid dienone is 1. The van der Waals surface area contributed by atoms with Gasteiger partial charge in [-0.2, -0.15) is 0 Å². The fourth-order valence-electron chi connectivity index (χ4n) is 2.91. The lowest BCUT2D eigenvalue weighted by Gasteiger charge is -2.46. The van der Waals surface area contributed by atoms with E-state index in [0.29, 0.717) is 19.4 Å². The Morgan fingerprint density at radius 3 is 2.73 bits per heavy atom. The molecule has 4 atom stereocenters. The molecule has 1 spiro atoms. The van der Waals surface area contributed by atoms with E-state index in [1.165, 1.54) is 0 Å². The molecule has 0 bridgehead atoms. The third-order valence-corrected chi connectivity index (χ3v) is 5.90. The first kappa shape index (κ1) is 17.7. The van der Waals surface area contributed by atoms with Crippen LogP contribution in [0.1, 0.15) is 26.7 Å². The molecule has 2 amide bonds. The summed E-state index contributed by atoms with van der Waals surface area (Å²) < 4.78 is 10.8. The second-order valence-corrected chi connectivity index (χ2v) is 6.84. The molecule has 8 heteroatoms. The average Bonchev–Trinajstić information content (AvgIpc) is 3.28. The number of ether oxygens (including phenoxy) is 2. The van der Waals surface area contributed by atoms with Crippen molar-refractivity contribution in [2.45, 2.75) is 48.8 Å². The van der Waals surface area contributed by atoms with Crippen molar-refractivity contribution in [3.63, 3.8) is 0 Å². The van der Waals surface area contributed by atoms with Crippen molar-refractivity contribution in [3.8, 4) is 0 Å². The molecule has 1 aliphatic heterocycles. The van der Waals surface area contributed by atoms with Crippen molar-refractivity contribution in [3.05, 3.63) is 11.6 Å². The largest absolute Gasteiger partial charge is 0.445 e. The molecule has 1 heterocycles. The summed E-state index contributed by atoms with van der Waals surface area (Å²) in [6, 6.07) is 0. The second-order valence-electron chi connectivity index (χ2n) is 5.59. The highest BCUT2D eigenvalue weighted by molar-refractivity contribution is 9.09. The lowest BCUT2D eigenvalue weighted by atomic mass is 9.70. The van der Waals surface area contributed by atoms with Crippen molar-refractivity contribution < 1.29 is 24.2 Å². The van der Waals surface area contributed by atoms with Gasteiger partial charge in [0.15, 0.2) is 0 Å². The lowest BCUT2D eigenvalue weighted by molar-refractivity contribution is -0.118. The highest BCUT2D eigenvalue weighted by Gasteiger charge is 2.68. The first-order valence-corrected chi connectivity index (χ1v) is 8.46. The average molecular weight is 397 g/mol. The van der Waals surface area contributed by atoms with Gasteiger partial charge in [0.05, 0.1) is 11.4 Å². The van der Waals surface area contributed by atoms with E-state index in [1.807, 2.05) is 25.2 Å². The standard InChI is InChI=1S/C14H19BrClNO5/c1-3-8(2)14(20)11(15)9(4-5-13(14)7-21-13)22-12(19)17-10(18)6-16/h3,9,11,20H,4-7H2,1-2H3,(H,17,18,19)/t9-,11-,13+,14-/m1/s1. The summed E-state index contributed by atoms with van der Waals surface area (Å²) in [7, 11) is 0. The third-order valence-electron chi connectivity index (χ3n) is 4.40. The number of halogens is 2. The van der Waals surface area contributed by atoms with Crippen LogP contribution in [0.2, 0.25) is 0 Å². The van der Waals surface area contributed by atoms with Gasteiger partial charge in [-0.3, -0.25) is 10.1 Å². The minimum absolute atomic E-state index is 0.323. The van der Waals surface area contributed by atoms with Crippen molar-refractivity contribution in [1.29, 1.82) is 0 Å². The van der Waals surface area contributed by atoms with Gasteiger partial charge in [-0.1, -0.05) is 22.0 Å². The molecule has 2 rings (SSSR count). The number of carbonyl (C=O) groups is 2. The molecule has 0 aromatic heterocycles. The number of amides is 2. The summed E-state index contributed by atoms with van der Waals surface area (Å²) in [4.78, 5) is 22.3. The number of alkyl carbamates (subject to hydrolysis) is 1. The summed E-state index contributed by atoms with van der Waals surface area (Å²) in [6.07, 6.45) is 1.46. The Balaban J connectivity index is 2.13. The summed E-state index contributed by atoms with van der Waals surface area (Å²) in [5, 5.41) is 13.2. The van der Waals surface area contributed by atoms with Crippen LogP contribution in [0.25, 0.3) is 0 Å². The van der Waals surface area contributed by atoms with E-state index in [9.17, 15) is 14.7 Å². The maximum atomic E-state index is 11.7. The summed E-state index contributed by atoms with van der Waals surface area (Å²) in [5.41, 5.74) is -1.14. The molecule has 2 fully saturated rings. The van der Waals surface area contributed by atoms with Crippen LogP contribution in [-0.2, 0) is 14.3 Å². The molecule has 0 radical (unpaired) electrons. The number of hydrogen-bond acceptors (Lipinski definition) is 5. The number of carbonyl (C=O) groups excluding carboxylic acids is 2. The molecular formula is C14H19BrClNO5. The quantitative estimate of drug-likeness (QED) is 0.432. The van der Waals surface area contributed by atoms with Crippen molar-refractivity contribution in [1.82, 2.24) is 5.32 Å². The molecule has 1 saturated heterocycles. The van der Waals surface area contributed by atoms with Gasteiger partial charge in [0.1, 0.15) is 23.2 Å². The Kier molecular flexibility index (Phi) is 5.21. The maximum absolute atomic E-state index is 11.7. The third kappa shape index (κ3) is 2.91. The van der Waals surface area contributed by atoms with Gasteiger partial charge in [0.25, 0.3) is 0 Å². The fraction of sp³-hybridized carbons (Fsp3) is 0.714. The predicted octanol–water partition coefficient (Wildman–Crippen LogP) is 1.87. The molecule has 0 aromatic carbocycles. The van der Waals surface area contributed by atoms with E-state index in [-0.39, 0.29) is 5.88 Å². The molecule has 22 heavy (non-hydrogen) atoms. The van der Waals surface area contributed by atoms with Crippen LogP contribution in [-0.4, -0.2) is 51.7 Å². The second kappa shape index (κ2) is 6.47. The first-order valence-electron chi connectivity index (χ1n) is 7.01. The molecule has 2 aliphatic rings. The van der Waals surface area contributed by atoms with Crippen LogP contribution < -0.4 is 5.32 Å². The molecule has 6 nitrogen and oxygen atoms in total. The minimum atomic E-state index is -1.26. The minimum Gasteiger partial charge on any atom is -0.445 e. The Morgan fingerprint density at radius 1 is 1.59 bits per heavy atom. The fourth-order valence-corrected chi connectivity index (χ4v) is 4.13. The van der Waals surface area contributed by atoms with Gasteiger partial charge in [-0.25, -0.2) is 4.79 Å². The number of aliphatic hydroxyl groups is 1. The van der Waals surface area contributed by atoms with E-state index >= 15 is 0 Å². The van der Waals surface area contributed by atoms with Gasteiger partial charge in [-0.05, 0) is 32.3 Å². The van der Waals surface area contributed by atoms with Gasteiger partial charge in [0.2, 0.25) is 5.91 Å². The van der Waals surface area contributed by atoms with Gasteiger partial charge in [0, 0.05) is 0 Å². The van der Waals surface area contributed by atoms with Crippen molar-refractivity contribution in [2.75, 3.05) is 12.5 Å². The molecule has 2 N–H and O–H groups in total.